The number of nitrogens with zero attached hydrogens (tertiary/aromatic N) is 1. The van der Waals surface area contributed by atoms with E-state index < -0.39 is 0 Å². The van der Waals surface area contributed by atoms with Crippen molar-refractivity contribution in [3.63, 3.8) is 0 Å². The second-order valence-electron chi connectivity index (χ2n) is 5.89. The fourth-order valence-electron chi connectivity index (χ4n) is 2.98. The summed E-state index contributed by atoms with van der Waals surface area (Å²) < 4.78 is 1.07. The van der Waals surface area contributed by atoms with E-state index in [-0.39, 0.29) is 0 Å². The van der Waals surface area contributed by atoms with Gasteiger partial charge in [0.05, 0.1) is 20.6 Å². The van der Waals surface area contributed by atoms with E-state index in [1.165, 1.54) is 32.2 Å². The van der Waals surface area contributed by atoms with E-state index in [0.29, 0.717) is 11.8 Å². The van der Waals surface area contributed by atoms with Crippen molar-refractivity contribution >= 4 is 5.78 Å². The van der Waals surface area contributed by atoms with Crippen LogP contribution in [0.25, 0.3) is 0 Å². The quantitative estimate of drug-likeness (QED) is 0.492. The summed E-state index contributed by atoms with van der Waals surface area (Å²) in [7, 11) is 4.60. The number of hydrogen-bond acceptors (Lipinski definition) is 1. The Labute approximate surface area is 98.9 Å². The lowest BCUT2D eigenvalue weighted by Gasteiger charge is -2.40. The van der Waals surface area contributed by atoms with Gasteiger partial charge >= 0.3 is 0 Å². The molecule has 2 rings (SSSR count). The number of quaternary nitrogens is 1. The van der Waals surface area contributed by atoms with Crippen LogP contribution in [0.5, 0.6) is 0 Å². The lowest BCUT2D eigenvalue weighted by molar-refractivity contribution is -0.913. The first-order chi connectivity index (χ1) is 7.59. The summed E-state index contributed by atoms with van der Waals surface area (Å²) in [6.07, 6.45) is 10.3. The average molecular weight is 222 g/mol. The van der Waals surface area contributed by atoms with Gasteiger partial charge in [-0.05, 0) is 43.8 Å². The van der Waals surface area contributed by atoms with E-state index in [4.69, 9.17) is 0 Å². The molecule has 0 aromatic carbocycles. The molecule has 1 heterocycles. The van der Waals surface area contributed by atoms with Crippen molar-refractivity contribution in [1.29, 1.82) is 0 Å². The number of carbonyl (C=O) groups excluding carboxylic acids is 1. The number of carbonyl (C=O) groups is 1. The average Bonchev–Trinajstić information content (AvgIpc) is 2.24. The largest absolute Gasteiger partial charge is 0.323 e. The number of rotatable bonds is 1. The van der Waals surface area contributed by atoms with Gasteiger partial charge in [-0.3, -0.25) is 4.79 Å². The van der Waals surface area contributed by atoms with Crippen molar-refractivity contribution in [2.24, 2.45) is 0 Å². The zero-order chi connectivity index (χ0) is 11.6. The van der Waals surface area contributed by atoms with Crippen molar-refractivity contribution in [1.82, 2.24) is 0 Å². The fraction of sp³-hybridized carbons (Fsp3) is 0.786. The lowest BCUT2D eigenvalue weighted by atomic mass is 9.89. The van der Waals surface area contributed by atoms with Gasteiger partial charge in [0.15, 0.2) is 5.78 Å². The van der Waals surface area contributed by atoms with Crippen LogP contribution < -0.4 is 0 Å². The van der Waals surface area contributed by atoms with Gasteiger partial charge < -0.3 is 4.48 Å². The molecule has 90 valence electrons. The maximum Gasteiger partial charge on any atom is 0.158 e. The second-order valence-corrected chi connectivity index (χ2v) is 5.89. The van der Waals surface area contributed by atoms with Crippen LogP contribution in [0.4, 0.5) is 0 Å². The van der Waals surface area contributed by atoms with Crippen molar-refractivity contribution < 1.29 is 9.28 Å². The number of likely N-dealkylation sites (N-methyl/N-ethyl adjacent to an activating group) is 1. The number of likely N-dealkylation sites (tertiary alicyclic amines) is 1. The Bertz CT molecular complexity index is 304. The van der Waals surface area contributed by atoms with Crippen LogP contribution in [0.3, 0.4) is 0 Å². The summed E-state index contributed by atoms with van der Waals surface area (Å²) in [5.74, 6) is 0.414. The predicted octanol–water partition coefficient (Wildman–Crippen LogP) is 2.68. The molecule has 1 saturated heterocycles. The first-order valence-corrected chi connectivity index (χ1v) is 6.66. The summed E-state index contributed by atoms with van der Waals surface area (Å²) in [5, 5.41) is 0. The molecule has 2 aliphatic rings. The normalized spacial score (nSPS) is 33.0. The third-order valence-corrected chi connectivity index (χ3v) is 4.23. The fourth-order valence-corrected chi connectivity index (χ4v) is 2.98. The molecule has 2 heteroatoms. The molecule has 1 atom stereocenters. The van der Waals surface area contributed by atoms with E-state index in [1.807, 2.05) is 0 Å². The van der Waals surface area contributed by atoms with Gasteiger partial charge in [0.1, 0.15) is 6.04 Å². The number of ketones is 1. The smallest absolute Gasteiger partial charge is 0.158 e. The van der Waals surface area contributed by atoms with Crippen LogP contribution in [0, 0.1) is 0 Å². The molecular formula is C14H24NO+. The molecule has 2 fully saturated rings. The van der Waals surface area contributed by atoms with Gasteiger partial charge in [-0.15, -0.1) is 0 Å². The molecule has 2 nitrogen and oxygen atoms in total. The van der Waals surface area contributed by atoms with Gasteiger partial charge in [-0.1, -0.05) is 0 Å². The molecule has 0 bridgehead atoms. The van der Waals surface area contributed by atoms with E-state index in [9.17, 15) is 4.79 Å². The molecule has 0 N–H and O–H groups in total. The monoisotopic (exact) mass is 222 g/mol. The van der Waals surface area contributed by atoms with Gasteiger partial charge in [-0.2, -0.15) is 0 Å². The highest BCUT2D eigenvalue weighted by molar-refractivity contribution is 5.95. The number of allylic oxidation sites excluding steroid dienone is 1. The molecule has 1 aliphatic carbocycles. The molecular weight excluding hydrogens is 198 g/mol. The Morgan fingerprint density at radius 1 is 1.12 bits per heavy atom. The van der Waals surface area contributed by atoms with E-state index in [1.54, 1.807) is 0 Å². The van der Waals surface area contributed by atoms with Gasteiger partial charge in [0.2, 0.25) is 0 Å². The molecule has 0 aromatic heterocycles. The Hall–Kier alpha value is -0.630. The molecule has 0 radical (unpaired) electrons. The van der Waals surface area contributed by atoms with Crippen LogP contribution in [0.15, 0.2) is 11.6 Å². The summed E-state index contributed by atoms with van der Waals surface area (Å²) in [6, 6.07) is 0.575. The van der Waals surface area contributed by atoms with E-state index in [2.05, 4.69) is 20.2 Å². The van der Waals surface area contributed by atoms with Crippen LogP contribution in [-0.4, -0.2) is 36.9 Å². The number of Topliss-reactive ketones (excluding diaryl/α,β-unsaturated/α-hetero) is 1. The first kappa shape index (κ1) is 11.8. The van der Waals surface area contributed by atoms with Crippen LogP contribution >= 0.6 is 0 Å². The number of hydrogen-bond donors (Lipinski definition) is 0. The highest BCUT2D eigenvalue weighted by Crippen LogP contribution is 2.27. The van der Waals surface area contributed by atoms with Crippen molar-refractivity contribution in [2.45, 2.75) is 51.0 Å². The van der Waals surface area contributed by atoms with Gasteiger partial charge in [-0.25, -0.2) is 0 Å². The summed E-state index contributed by atoms with van der Waals surface area (Å²) in [6.45, 7) is 1.25. The van der Waals surface area contributed by atoms with Crippen LogP contribution in [0.1, 0.15) is 44.9 Å². The molecule has 1 unspecified atom stereocenters. The minimum atomic E-state index is 0.414. The zero-order valence-electron chi connectivity index (χ0n) is 10.7. The third-order valence-electron chi connectivity index (χ3n) is 4.23. The van der Waals surface area contributed by atoms with Crippen molar-refractivity contribution in [3.8, 4) is 0 Å². The Balaban J connectivity index is 2.11. The highest BCUT2D eigenvalue weighted by atomic mass is 16.1. The number of piperidine rings is 1. The first-order valence-electron chi connectivity index (χ1n) is 6.66. The van der Waals surface area contributed by atoms with Crippen molar-refractivity contribution in [3.05, 3.63) is 11.6 Å². The topological polar surface area (TPSA) is 17.1 Å². The van der Waals surface area contributed by atoms with E-state index >= 15 is 0 Å². The van der Waals surface area contributed by atoms with Gasteiger partial charge in [0, 0.05) is 12.8 Å². The van der Waals surface area contributed by atoms with E-state index in [0.717, 1.165) is 29.3 Å². The highest BCUT2D eigenvalue weighted by Gasteiger charge is 2.30. The lowest BCUT2D eigenvalue weighted by Crippen LogP contribution is -2.51. The Kier molecular flexibility index (Phi) is 3.48. The Morgan fingerprint density at radius 3 is 2.56 bits per heavy atom. The van der Waals surface area contributed by atoms with Crippen LogP contribution in [-0.2, 0) is 4.79 Å². The summed E-state index contributed by atoms with van der Waals surface area (Å²) in [5.41, 5.74) is 1.13. The van der Waals surface area contributed by atoms with Crippen LogP contribution in [0.2, 0.25) is 0 Å². The maximum atomic E-state index is 11.8. The predicted molar refractivity (Wildman–Crippen MR) is 66.2 cm³/mol. The molecule has 0 aromatic rings. The molecule has 1 saturated carbocycles. The molecule has 1 aliphatic heterocycles. The van der Waals surface area contributed by atoms with Gasteiger partial charge in [0.25, 0.3) is 0 Å². The Morgan fingerprint density at radius 2 is 1.88 bits per heavy atom. The summed E-state index contributed by atoms with van der Waals surface area (Å²) in [4.78, 5) is 11.8. The summed E-state index contributed by atoms with van der Waals surface area (Å²) >= 11 is 0. The SMILES string of the molecule is C[N+]1(C)CCCCC1/C=C1\CCCCC1=O. The molecule has 0 spiro atoms. The maximum absolute atomic E-state index is 11.8. The minimum absolute atomic E-state index is 0.414. The molecule has 16 heavy (non-hydrogen) atoms. The standard InChI is InChI=1S/C14H24NO/c1-15(2)10-6-5-8-13(15)11-12-7-3-4-9-14(12)16/h11,13H,3-10H2,1-2H3/q+1/b12-11+. The third kappa shape index (κ3) is 2.54. The minimum Gasteiger partial charge on any atom is -0.323 e. The molecule has 0 amide bonds. The second kappa shape index (κ2) is 4.70. The zero-order valence-corrected chi connectivity index (χ0v) is 10.7. The van der Waals surface area contributed by atoms with Crippen molar-refractivity contribution in [2.75, 3.05) is 20.6 Å².